The van der Waals surface area contributed by atoms with Crippen LogP contribution in [0.4, 0.5) is 0 Å². The Kier molecular flexibility index (Phi) is 5.94. The van der Waals surface area contributed by atoms with Gasteiger partial charge in [0.25, 0.3) is 5.56 Å². The first-order valence-corrected chi connectivity index (χ1v) is 11.0. The van der Waals surface area contributed by atoms with Crippen LogP contribution in [0.1, 0.15) is 45.4 Å². The van der Waals surface area contributed by atoms with Crippen molar-refractivity contribution in [1.82, 2.24) is 19.9 Å². The van der Waals surface area contributed by atoms with Crippen LogP contribution in [-0.4, -0.2) is 33.6 Å². The second kappa shape index (κ2) is 8.63. The van der Waals surface area contributed by atoms with Gasteiger partial charge in [0, 0.05) is 29.9 Å². The van der Waals surface area contributed by atoms with Gasteiger partial charge >= 0.3 is 0 Å². The summed E-state index contributed by atoms with van der Waals surface area (Å²) < 4.78 is 7.17. The number of hydrogen-bond donors (Lipinski definition) is 3. The summed E-state index contributed by atoms with van der Waals surface area (Å²) in [5, 5.41) is 4.03. The van der Waals surface area contributed by atoms with Crippen molar-refractivity contribution in [2.24, 2.45) is 5.92 Å². The van der Waals surface area contributed by atoms with Gasteiger partial charge in [0.2, 0.25) is 5.91 Å². The molecule has 4 rings (SSSR count). The molecule has 1 saturated carbocycles. The molecule has 1 aliphatic carbocycles. The Morgan fingerprint density at radius 1 is 1.27 bits per heavy atom. The number of fused-ring (bicyclic) bond motifs is 3. The van der Waals surface area contributed by atoms with Gasteiger partial charge in [-0.15, -0.1) is 0 Å². The molecule has 3 N–H and O–H groups in total. The third-order valence-corrected chi connectivity index (χ3v) is 6.51. The van der Waals surface area contributed by atoms with Crippen molar-refractivity contribution in [3.8, 4) is 5.75 Å². The van der Waals surface area contributed by atoms with E-state index in [2.05, 4.69) is 22.2 Å². The first-order valence-electron chi connectivity index (χ1n) is 10.6. The number of aromatic amines is 2. The van der Waals surface area contributed by atoms with Gasteiger partial charge in [-0.3, -0.25) is 14.2 Å². The molecule has 30 heavy (non-hydrogen) atoms. The number of ether oxygens (including phenoxy) is 1. The topological polar surface area (TPSA) is 91.9 Å². The average Bonchev–Trinajstić information content (AvgIpc) is 3.10. The molecule has 2 atom stereocenters. The smallest absolute Gasteiger partial charge is 0.278 e. The van der Waals surface area contributed by atoms with Crippen LogP contribution in [0.2, 0.25) is 0 Å². The first-order chi connectivity index (χ1) is 14.5. The fourth-order valence-electron chi connectivity index (χ4n) is 4.40. The van der Waals surface area contributed by atoms with E-state index in [0.717, 1.165) is 17.3 Å². The third kappa shape index (κ3) is 4.01. The highest BCUT2D eigenvalue weighted by Crippen LogP contribution is 2.26. The Bertz CT molecular complexity index is 1190. The van der Waals surface area contributed by atoms with Crippen molar-refractivity contribution in [2.45, 2.75) is 58.0 Å². The largest absolute Gasteiger partial charge is 0.497 e. The van der Waals surface area contributed by atoms with Gasteiger partial charge in [-0.2, -0.15) is 0 Å². The summed E-state index contributed by atoms with van der Waals surface area (Å²) in [7, 11) is 1.61. The van der Waals surface area contributed by atoms with Gasteiger partial charge < -0.3 is 20.0 Å². The van der Waals surface area contributed by atoms with E-state index < -0.39 is 0 Å². The standard InChI is InChI=1S/C22H28N4O3S/c1-13-6-3-4-7-16(13)23-18(27)8-5-11-26-21(28)20-19(25-22(26)30)15-12-14(29-2)9-10-17(15)24-20/h9-10,12-13,16,24H,3-8,11H2,1-2H3,(H,23,27)(H,25,30)/t13-,16-/m0/s1. The summed E-state index contributed by atoms with van der Waals surface area (Å²) >= 11 is 5.44. The van der Waals surface area contributed by atoms with Gasteiger partial charge in [0.1, 0.15) is 11.3 Å². The summed E-state index contributed by atoms with van der Waals surface area (Å²) in [5.74, 6) is 1.29. The second-order valence-electron chi connectivity index (χ2n) is 8.21. The zero-order valence-corrected chi connectivity index (χ0v) is 18.2. The molecule has 0 saturated heterocycles. The minimum Gasteiger partial charge on any atom is -0.497 e. The summed E-state index contributed by atoms with van der Waals surface area (Å²) in [6.07, 6.45) is 5.59. The zero-order chi connectivity index (χ0) is 21.3. The van der Waals surface area contributed by atoms with E-state index in [0.29, 0.717) is 46.9 Å². The van der Waals surface area contributed by atoms with E-state index in [9.17, 15) is 9.59 Å². The molecule has 2 aromatic heterocycles. The Balaban J connectivity index is 1.49. The van der Waals surface area contributed by atoms with Crippen LogP contribution in [0.15, 0.2) is 23.0 Å². The van der Waals surface area contributed by atoms with E-state index in [1.54, 1.807) is 7.11 Å². The highest BCUT2D eigenvalue weighted by molar-refractivity contribution is 7.71. The van der Waals surface area contributed by atoms with E-state index >= 15 is 0 Å². The van der Waals surface area contributed by atoms with Crippen molar-refractivity contribution in [2.75, 3.05) is 7.11 Å². The second-order valence-corrected chi connectivity index (χ2v) is 8.60. The number of carbonyl (C=O) groups is 1. The van der Waals surface area contributed by atoms with Gasteiger partial charge in [-0.1, -0.05) is 19.8 Å². The summed E-state index contributed by atoms with van der Waals surface area (Å²) in [6.45, 7) is 2.60. The SMILES string of the molecule is COc1ccc2[nH]c3c(=O)n(CCCC(=O)N[C@H]4CCCC[C@@H]4C)c(=S)[nH]c3c2c1. The maximum Gasteiger partial charge on any atom is 0.278 e. The molecule has 1 amide bonds. The average molecular weight is 429 g/mol. The molecule has 1 aromatic carbocycles. The molecular weight excluding hydrogens is 400 g/mol. The van der Waals surface area contributed by atoms with Crippen LogP contribution >= 0.6 is 12.2 Å². The summed E-state index contributed by atoms with van der Waals surface area (Å²) in [5.41, 5.74) is 1.82. The van der Waals surface area contributed by atoms with Crippen molar-refractivity contribution in [1.29, 1.82) is 0 Å². The third-order valence-electron chi connectivity index (χ3n) is 6.19. The number of amides is 1. The zero-order valence-electron chi connectivity index (χ0n) is 17.4. The Hall–Kier alpha value is -2.61. The molecular formula is C22H28N4O3S. The number of nitrogens with zero attached hydrogens (tertiary/aromatic N) is 1. The van der Waals surface area contributed by atoms with Gasteiger partial charge in [-0.25, -0.2) is 0 Å². The van der Waals surface area contributed by atoms with Gasteiger partial charge in [0.15, 0.2) is 4.77 Å². The predicted molar refractivity (Wildman–Crippen MR) is 121 cm³/mol. The van der Waals surface area contributed by atoms with Crippen molar-refractivity contribution >= 4 is 40.1 Å². The Morgan fingerprint density at radius 2 is 2.07 bits per heavy atom. The van der Waals surface area contributed by atoms with Crippen LogP contribution < -0.4 is 15.6 Å². The van der Waals surface area contributed by atoms with Crippen molar-refractivity contribution < 1.29 is 9.53 Å². The quantitative estimate of drug-likeness (QED) is 0.517. The van der Waals surface area contributed by atoms with E-state index in [1.807, 2.05) is 18.2 Å². The summed E-state index contributed by atoms with van der Waals surface area (Å²) in [4.78, 5) is 31.7. The summed E-state index contributed by atoms with van der Waals surface area (Å²) in [6, 6.07) is 5.87. The normalized spacial score (nSPS) is 19.3. The molecule has 7 nitrogen and oxygen atoms in total. The predicted octanol–water partition coefficient (Wildman–Crippen LogP) is 4.02. The van der Waals surface area contributed by atoms with Crippen LogP contribution in [0, 0.1) is 10.7 Å². The monoisotopic (exact) mass is 428 g/mol. The molecule has 0 aliphatic heterocycles. The van der Waals surface area contributed by atoms with Crippen LogP contribution in [0.3, 0.4) is 0 Å². The maximum atomic E-state index is 13.0. The molecule has 2 heterocycles. The van der Waals surface area contributed by atoms with Crippen LogP contribution in [0.5, 0.6) is 5.75 Å². The molecule has 160 valence electrons. The number of H-pyrrole nitrogens is 2. The number of aromatic nitrogens is 3. The van der Waals surface area contributed by atoms with E-state index in [-0.39, 0.29) is 17.5 Å². The first kappa shape index (κ1) is 20.7. The van der Waals surface area contributed by atoms with E-state index in [4.69, 9.17) is 17.0 Å². The Labute approximate surface area is 179 Å². The lowest BCUT2D eigenvalue weighted by atomic mass is 9.86. The lowest BCUT2D eigenvalue weighted by molar-refractivity contribution is -0.122. The number of methoxy groups -OCH3 is 1. The molecule has 3 aromatic rings. The molecule has 0 spiro atoms. The molecule has 0 unspecified atom stereocenters. The minimum absolute atomic E-state index is 0.0514. The Morgan fingerprint density at radius 3 is 2.83 bits per heavy atom. The lowest BCUT2D eigenvalue weighted by Gasteiger charge is -2.29. The lowest BCUT2D eigenvalue weighted by Crippen LogP contribution is -2.41. The molecule has 1 fully saturated rings. The van der Waals surface area contributed by atoms with Crippen molar-refractivity contribution in [3.63, 3.8) is 0 Å². The number of rotatable bonds is 6. The number of hydrogen-bond acceptors (Lipinski definition) is 4. The maximum absolute atomic E-state index is 13.0. The number of benzene rings is 1. The van der Waals surface area contributed by atoms with Crippen LogP contribution in [-0.2, 0) is 11.3 Å². The molecule has 1 aliphatic rings. The highest BCUT2D eigenvalue weighted by Gasteiger charge is 2.22. The van der Waals surface area contributed by atoms with E-state index in [1.165, 1.54) is 23.8 Å². The molecule has 0 bridgehead atoms. The van der Waals surface area contributed by atoms with Crippen molar-refractivity contribution in [3.05, 3.63) is 33.3 Å². The highest BCUT2D eigenvalue weighted by atomic mass is 32.1. The number of nitrogens with one attached hydrogen (secondary N) is 3. The fourth-order valence-corrected chi connectivity index (χ4v) is 4.68. The minimum atomic E-state index is -0.176. The van der Waals surface area contributed by atoms with Crippen LogP contribution in [0.25, 0.3) is 21.9 Å². The molecule has 0 radical (unpaired) electrons. The number of carbonyl (C=O) groups excluding carboxylic acids is 1. The fraction of sp³-hybridized carbons (Fsp3) is 0.500. The van der Waals surface area contributed by atoms with Gasteiger partial charge in [-0.05, 0) is 55.6 Å². The van der Waals surface area contributed by atoms with Gasteiger partial charge in [0.05, 0.1) is 12.6 Å². The molecule has 8 heteroatoms.